The van der Waals surface area contributed by atoms with Crippen molar-refractivity contribution in [1.29, 1.82) is 0 Å². The Morgan fingerprint density at radius 2 is 1.90 bits per heavy atom. The molecule has 2 amide bonds. The third-order valence-electron chi connectivity index (χ3n) is 6.67. The summed E-state index contributed by atoms with van der Waals surface area (Å²) >= 11 is 12.3. The van der Waals surface area contributed by atoms with Crippen molar-refractivity contribution in [2.75, 3.05) is 19.8 Å². The van der Waals surface area contributed by atoms with Gasteiger partial charge < -0.3 is 15.2 Å². The standard InChI is InChI=1S/C31H40Cl2N4O3/c1-7-40-26-18-27(30(2,3)4)35-19-25(26)28(36-31(5,6)22-10-14-24(33)15-11-22)37(29(39)34-16-17-38)20-21-8-12-23(32)13-9-21/h8-10,12-15,18-19,22,38H,7,11,16-17,20H2,1-6H3,(H,34,39)/b36-28-. The molecule has 1 heterocycles. The fourth-order valence-electron chi connectivity index (χ4n) is 4.30. The van der Waals surface area contributed by atoms with Crippen molar-refractivity contribution in [3.05, 3.63) is 81.6 Å². The van der Waals surface area contributed by atoms with Crippen LogP contribution in [-0.2, 0) is 12.0 Å². The van der Waals surface area contributed by atoms with Crippen LogP contribution in [0.1, 0.15) is 64.8 Å². The molecule has 0 spiro atoms. The lowest BCUT2D eigenvalue weighted by atomic mass is 9.83. The van der Waals surface area contributed by atoms with Gasteiger partial charge in [-0.2, -0.15) is 0 Å². The predicted molar refractivity (Wildman–Crippen MR) is 163 cm³/mol. The van der Waals surface area contributed by atoms with Crippen molar-refractivity contribution in [3.8, 4) is 5.75 Å². The highest BCUT2D eigenvalue weighted by molar-refractivity contribution is 6.31. The van der Waals surface area contributed by atoms with E-state index in [9.17, 15) is 9.90 Å². The Balaban J connectivity index is 2.24. The topological polar surface area (TPSA) is 87.1 Å². The first kappa shape index (κ1) is 31.7. The smallest absolute Gasteiger partial charge is 0.323 e. The van der Waals surface area contributed by atoms with E-state index < -0.39 is 11.6 Å². The highest BCUT2D eigenvalue weighted by Gasteiger charge is 2.33. The Morgan fingerprint density at radius 3 is 2.48 bits per heavy atom. The van der Waals surface area contributed by atoms with Crippen molar-refractivity contribution in [1.82, 2.24) is 15.2 Å². The van der Waals surface area contributed by atoms with E-state index in [0.717, 1.165) is 11.3 Å². The number of amidine groups is 1. The monoisotopic (exact) mass is 586 g/mol. The molecule has 9 heteroatoms. The van der Waals surface area contributed by atoms with Gasteiger partial charge in [-0.25, -0.2) is 4.79 Å². The molecule has 1 aromatic carbocycles. The van der Waals surface area contributed by atoms with Crippen LogP contribution in [0, 0.1) is 5.92 Å². The average Bonchev–Trinajstić information content (AvgIpc) is 2.90. The number of amides is 2. The van der Waals surface area contributed by atoms with Crippen LogP contribution in [0.3, 0.4) is 0 Å². The first-order valence-corrected chi connectivity index (χ1v) is 14.3. The average molecular weight is 588 g/mol. The van der Waals surface area contributed by atoms with Crippen LogP contribution >= 0.6 is 23.2 Å². The van der Waals surface area contributed by atoms with Crippen molar-refractivity contribution in [2.24, 2.45) is 10.9 Å². The Kier molecular flexibility index (Phi) is 10.8. The number of aliphatic imine (C=N–C) groups is 1. The minimum Gasteiger partial charge on any atom is -0.493 e. The molecule has 7 nitrogen and oxygen atoms in total. The number of halogens is 2. The van der Waals surface area contributed by atoms with Gasteiger partial charge in [-0.05, 0) is 51.0 Å². The number of pyridine rings is 1. The number of aliphatic hydroxyl groups excluding tert-OH is 1. The van der Waals surface area contributed by atoms with E-state index in [1.54, 1.807) is 23.2 Å². The van der Waals surface area contributed by atoms with Gasteiger partial charge in [0, 0.05) is 45.9 Å². The van der Waals surface area contributed by atoms with Crippen molar-refractivity contribution in [3.63, 3.8) is 0 Å². The zero-order valence-corrected chi connectivity index (χ0v) is 25.7. The number of hydrogen-bond donors (Lipinski definition) is 2. The molecule has 2 aromatic rings. The maximum absolute atomic E-state index is 13.7. The maximum Gasteiger partial charge on any atom is 0.323 e. The molecule has 0 fully saturated rings. The van der Waals surface area contributed by atoms with Gasteiger partial charge in [0.15, 0.2) is 0 Å². The largest absolute Gasteiger partial charge is 0.493 e. The third-order valence-corrected chi connectivity index (χ3v) is 7.21. The second kappa shape index (κ2) is 13.7. The highest BCUT2D eigenvalue weighted by atomic mass is 35.5. The molecule has 1 atom stereocenters. The summed E-state index contributed by atoms with van der Waals surface area (Å²) in [6.45, 7) is 12.8. The molecule has 3 rings (SSSR count). The van der Waals surface area contributed by atoms with Gasteiger partial charge in [-0.1, -0.05) is 68.3 Å². The number of hydrogen-bond acceptors (Lipinski definition) is 5. The van der Waals surface area contributed by atoms with Gasteiger partial charge in [-0.15, -0.1) is 0 Å². The molecule has 40 heavy (non-hydrogen) atoms. The maximum atomic E-state index is 13.7. The Labute approximate surface area is 248 Å². The number of benzene rings is 1. The van der Waals surface area contributed by atoms with Crippen LogP contribution in [0.15, 0.2) is 64.8 Å². The number of nitrogens with one attached hydrogen (secondary N) is 1. The number of aliphatic hydroxyl groups is 1. The van der Waals surface area contributed by atoms with Crippen LogP contribution in [-0.4, -0.2) is 52.2 Å². The van der Waals surface area contributed by atoms with Crippen molar-refractivity contribution < 1.29 is 14.6 Å². The number of urea groups is 1. The van der Waals surface area contributed by atoms with Gasteiger partial charge in [0.05, 0.1) is 30.9 Å². The number of allylic oxidation sites excluding steroid dienone is 3. The molecule has 1 aromatic heterocycles. The summed E-state index contributed by atoms with van der Waals surface area (Å²) in [5.74, 6) is 1.05. The molecule has 2 N–H and O–H groups in total. The van der Waals surface area contributed by atoms with Crippen LogP contribution in [0.2, 0.25) is 5.02 Å². The Hall–Kier alpha value is -2.87. The summed E-state index contributed by atoms with van der Waals surface area (Å²) < 4.78 is 6.13. The number of nitrogens with zero attached hydrogens (tertiary/aromatic N) is 3. The highest BCUT2D eigenvalue weighted by Crippen LogP contribution is 2.34. The SMILES string of the molecule is CCOc1cc(C(C)(C)C)ncc1/C(=N/C(C)(C)C1C=CC(Cl)=CC1)N(Cc1ccc(Cl)cc1)C(=O)NCCO. The Morgan fingerprint density at radius 1 is 1.20 bits per heavy atom. The zero-order valence-electron chi connectivity index (χ0n) is 24.2. The predicted octanol–water partition coefficient (Wildman–Crippen LogP) is 6.86. The lowest BCUT2D eigenvalue weighted by molar-refractivity contribution is 0.213. The van der Waals surface area contributed by atoms with E-state index in [0.29, 0.717) is 40.2 Å². The molecule has 0 bridgehead atoms. The molecule has 1 aliphatic carbocycles. The fourth-order valence-corrected chi connectivity index (χ4v) is 4.59. The Bertz CT molecular complexity index is 1260. The van der Waals surface area contributed by atoms with Gasteiger partial charge in [0.2, 0.25) is 0 Å². The van der Waals surface area contributed by atoms with Crippen molar-refractivity contribution >= 4 is 35.1 Å². The van der Waals surface area contributed by atoms with E-state index in [1.165, 1.54) is 0 Å². The molecule has 1 aliphatic rings. The van der Waals surface area contributed by atoms with E-state index in [1.807, 2.05) is 51.1 Å². The molecule has 216 valence electrons. The molecule has 1 unspecified atom stereocenters. The van der Waals surface area contributed by atoms with Gasteiger partial charge in [-0.3, -0.25) is 14.9 Å². The van der Waals surface area contributed by atoms with E-state index in [-0.39, 0.29) is 31.0 Å². The van der Waals surface area contributed by atoms with Crippen LogP contribution < -0.4 is 10.1 Å². The lowest BCUT2D eigenvalue weighted by Crippen LogP contribution is -2.46. The summed E-state index contributed by atoms with van der Waals surface area (Å²) in [4.78, 5) is 25.3. The number of ether oxygens (including phenoxy) is 1. The van der Waals surface area contributed by atoms with Gasteiger partial charge >= 0.3 is 6.03 Å². The summed E-state index contributed by atoms with van der Waals surface area (Å²) in [6.07, 6.45) is 8.38. The normalized spacial score (nSPS) is 16.0. The molecule has 0 aliphatic heterocycles. The molecule has 0 radical (unpaired) electrons. The number of aromatic nitrogens is 1. The quantitative estimate of drug-likeness (QED) is 0.248. The van der Waals surface area contributed by atoms with E-state index in [4.69, 9.17) is 37.9 Å². The van der Waals surface area contributed by atoms with E-state index >= 15 is 0 Å². The van der Waals surface area contributed by atoms with Crippen LogP contribution in [0.25, 0.3) is 0 Å². The second-order valence-electron chi connectivity index (χ2n) is 11.3. The first-order chi connectivity index (χ1) is 18.9. The van der Waals surface area contributed by atoms with Crippen LogP contribution in [0.4, 0.5) is 4.79 Å². The fraction of sp³-hybridized carbons (Fsp3) is 0.452. The summed E-state index contributed by atoms with van der Waals surface area (Å²) in [7, 11) is 0. The minimum atomic E-state index is -0.623. The zero-order chi connectivity index (χ0) is 29.5. The number of rotatable bonds is 9. The molecular weight excluding hydrogens is 547 g/mol. The number of carbonyl (C=O) groups excluding carboxylic acids is 1. The van der Waals surface area contributed by atoms with Crippen molar-refractivity contribution in [2.45, 2.75) is 65.5 Å². The van der Waals surface area contributed by atoms with Gasteiger partial charge in [0.1, 0.15) is 11.6 Å². The van der Waals surface area contributed by atoms with Crippen LogP contribution in [0.5, 0.6) is 5.75 Å². The van der Waals surface area contributed by atoms with Gasteiger partial charge in [0.25, 0.3) is 0 Å². The molecular formula is C31H40Cl2N4O3. The molecule has 0 saturated heterocycles. The molecule has 0 saturated carbocycles. The number of carbonyl (C=O) groups is 1. The van der Waals surface area contributed by atoms with E-state index in [2.05, 4.69) is 32.2 Å². The summed E-state index contributed by atoms with van der Waals surface area (Å²) in [5.41, 5.74) is 1.49. The second-order valence-corrected chi connectivity index (χ2v) is 12.2. The first-order valence-electron chi connectivity index (χ1n) is 13.5. The lowest BCUT2D eigenvalue weighted by Gasteiger charge is -2.34. The summed E-state index contributed by atoms with van der Waals surface area (Å²) in [6, 6.07) is 8.85. The minimum absolute atomic E-state index is 0.0419. The third kappa shape index (κ3) is 8.32. The summed E-state index contributed by atoms with van der Waals surface area (Å²) in [5, 5.41) is 13.5.